The van der Waals surface area contributed by atoms with E-state index in [1.54, 1.807) is 25.2 Å². The quantitative estimate of drug-likeness (QED) is 0.654. The number of methoxy groups -OCH3 is 1. The van der Waals surface area contributed by atoms with Crippen LogP contribution in [0.15, 0.2) is 18.2 Å². The Bertz CT molecular complexity index is 588. The lowest BCUT2D eigenvalue weighted by Crippen LogP contribution is -2.31. The molecule has 0 atom stereocenters. The number of hydrogen-bond donors (Lipinski definition) is 1. The van der Waals surface area contributed by atoms with Crippen molar-refractivity contribution in [2.75, 3.05) is 20.7 Å². The first kappa shape index (κ1) is 14.3. The van der Waals surface area contributed by atoms with Crippen molar-refractivity contribution in [3.63, 3.8) is 0 Å². The molecule has 2 rings (SSSR count). The number of carbonyl (C=O) groups is 2. The van der Waals surface area contributed by atoms with Gasteiger partial charge in [-0.15, -0.1) is 0 Å². The number of urea groups is 1. The molecule has 0 bridgehead atoms. The standard InChI is InChI=1S/C13H15N3O3S/c1-15-7-11(17)16(13(15)18)6-9-5-8(12(14)20)3-4-10(9)19-2/h3-5H,6-7H2,1-2H3,(H2,14,20). The zero-order valence-electron chi connectivity index (χ0n) is 11.3. The molecule has 2 N–H and O–H groups in total. The van der Waals surface area contributed by atoms with Crippen LogP contribution in [0.1, 0.15) is 11.1 Å². The van der Waals surface area contributed by atoms with Gasteiger partial charge in [-0.1, -0.05) is 12.2 Å². The van der Waals surface area contributed by atoms with E-state index in [-0.39, 0.29) is 30.0 Å². The third-order valence-corrected chi connectivity index (χ3v) is 3.36. The summed E-state index contributed by atoms with van der Waals surface area (Å²) >= 11 is 4.93. The normalized spacial score (nSPS) is 14.9. The lowest BCUT2D eigenvalue weighted by Gasteiger charge is -2.17. The molecule has 1 aliphatic rings. The first-order chi connectivity index (χ1) is 9.43. The molecule has 0 aromatic heterocycles. The highest BCUT2D eigenvalue weighted by Crippen LogP contribution is 2.23. The van der Waals surface area contributed by atoms with Crippen LogP contribution >= 0.6 is 12.2 Å². The van der Waals surface area contributed by atoms with Crippen molar-refractivity contribution in [3.8, 4) is 5.75 Å². The van der Waals surface area contributed by atoms with Crippen LogP contribution in [-0.2, 0) is 11.3 Å². The van der Waals surface area contributed by atoms with Gasteiger partial charge in [0.15, 0.2) is 0 Å². The monoisotopic (exact) mass is 293 g/mol. The van der Waals surface area contributed by atoms with Gasteiger partial charge in [0, 0.05) is 18.2 Å². The minimum Gasteiger partial charge on any atom is -0.496 e. The SMILES string of the molecule is COc1ccc(C(N)=S)cc1CN1C(=O)CN(C)C1=O. The average Bonchev–Trinajstić information content (AvgIpc) is 2.65. The first-order valence-corrected chi connectivity index (χ1v) is 6.37. The second-order valence-corrected chi connectivity index (χ2v) is 4.95. The maximum absolute atomic E-state index is 11.9. The minimum atomic E-state index is -0.321. The van der Waals surface area contributed by atoms with Gasteiger partial charge < -0.3 is 15.4 Å². The number of nitrogens with zero attached hydrogens (tertiary/aromatic N) is 2. The van der Waals surface area contributed by atoms with Crippen LogP contribution in [0.3, 0.4) is 0 Å². The summed E-state index contributed by atoms with van der Waals surface area (Å²) in [6.07, 6.45) is 0. The zero-order chi connectivity index (χ0) is 14.9. The molecular weight excluding hydrogens is 278 g/mol. The number of carbonyl (C=O) groups excluding carboxylic acids is 2. The molecule has 0 radical (unpaired) electrons. The third kappa shape index (κ3) is 2.57. The number of nitrogens with two attached hydrogens (primary N) is 1. The van der Waals surface area contributed by atoms with E-state index in [4.69, 9.17) is 22.7 Å². The number of likely N-dealkylation sites (N-methyl/N-ethyl adjacent to an activating group) is 1. The molecule has 0 saturated carbocycles. The highest BCUT2D eigenvalue weighted by molar-refractivity contribution is 7.80. The summed E-state index contributed by atoms with van der Waals surface area (Å²) in [5.74, 6) is 0.348. The Morgan fingerprint density at radius 3 is 2.65 bits per heavy atom. The molecule has 0 aliphatic carbocycles. The van der Waals surface area contributed by atoms with Crippen molar-refractivity contribution in [1.29, 1.82) is 0 Å². The summed E-state index contributed by atoms with van der Waals surface area (Å²) in [5.41, 5.74) is 6.95. The lowest BCUT2D eigenvalue weighted by atomic mass is 10.1. The second-order valence-electron chi connectivity index (χ2n) is 4.51. The topological polar surface area (TPSA) is 75.9 Å². The molecular formula is C13H15N3O3S. The van der Waals surface area contributed by atoms with Crippen molar-refractivity contribution < 1.29 is 14.3 Å². The average molecular weight is 293 g/mol. The summed E-state index contributed by atoms with van der Waals surface area (Å²) < 4.78 is 5.24. The molecule has 1 fully saturated rings. The Balaban J connectivity index is 2.32. The van der Waals surface area contributed by atoms with Gasteiger partial charge in [0.25, 0.3) is 5.91 Å². The molecule has 7 heteroatoms. The number of hydrogen-bond acceptors (Lipinski definition) is 4. The number of ether oxygens (including phenoxy) is 1. The van der Waals surface area contributed by atoms with Crippen molar-refractivity contribution >= 4 is 29.1 Å². The molecule has 1 aromatic rings. The van der Waals surface area contributed by atoms with E-state index in [9.17, 15) is 9.59 Å². The van der Waals surface area contributed by atoms with Gasteiger partial charge in [-0.3, -0.25) is 9.69 Å². The molecule has 3 amide bonds. The lowest BCUT2D eigenvalue weighted by molar-refractivity contribution is -0.125. The fourth-order valence-electron chi connectivity index (χ4n) is 2.05. The van der Waals surface area contributed by atoms with Crippen LogP contribution in [0.2, 0.25) is 0 Å². The van der Waals surface area contributed by atoms with E-state index in [1.807, 2.05) is 0 Å². The molecule has 1 saturated heterocycles. The maximum Gasteiger partial charge on any atom is 0.327 e. The molecule has 106 valence electrons. The Labute approximate surface area is 122 Å². The Morgan fingerprint density at radius 1 is 1.45 bits per heavy atom. The Kier molecular flexibility index (Phi) is 3.89. The van der Waals surface area contributed by atoms with Gasteiger partial charge in [0.1, 0.15) is 17.3 Å². The summed E-state index contributed by atoms with van der Waals surface area (Å²) in [5, 5.41) is 0. The molecule has 1 aromatic carbocycles. The van der Waals surface area contributed by atoms with E-state index in [2.05, 4.69) is 0 Å². The van der Waals surface area contributed by atoms with Crippen LogP contribution in [0.4, 0.5) is 4.79 Å². The number of benzene rings is 1. The van der Waals surface area contributed by atoms with Gasteiger partial charge in [0.2, 0.25) is 0 Å². The predicted molar refractivity (Wildman–Crippen MR) is 77.5 cm³/mol. The number of rotatable bonds is 4. The molecule has 6 nitrogen and oxygen atoms in total. The first-order valence-electron chi connectivity index (χ1n) is 5.96. The van der Waals surface area contributed by atoms with Gasteiger partial charge in [-0.25, -0.2) is 4.79 Å². The number of amides is 3. The summed E-state index contributed by atoms with van der Waals surface area (Å²) in [6, 6.07) is 4.88. The van der Waals surface area contributed by atoms with E-state index in [0.29, 0.717) is 16.9 Å². The number of imide groups is 1. The van der Waals surface area contributed by atoms with E-state index >= 15 is 0 Å². The van der Waals surface area contributed by atoms with Crippen molar-refractivity contribution in [2.45, 2.75) is 6.54 Å². The fraction of sp³-hybridized carbons (Fsp3) is 0.308. The highest BCUT2D eigenvalue weighted by Gasteiger charge is 2.33. The van der Waals surface area contributed by atoms with Gasteiger partial charge in [-0.2, -0.15) is 0 Å². The highest BCUT2D eigenvalue weighted by atomic mass is 32.1. The fourth-order valence-corrected chi connectivity index (χ4v) is 2.18. The van der Waals surface area contributed by atoms with Crippen LogP contribution in [0.5, 0.6) is 5.75 Å². The Morgan fingerprint density at radius 2 is 2.15 bits per heavy atom. The van der Waals surface area contributed by atoms with E-state index in [0.717, 1.165) is 0 Å². The molecule has 0 unspecified atom stereocenters. The summed E-state index contributed by atoms with van der Waals surface area (Å²) in [7, 11) is 3.11. The Hall–Kier alpha value is -2.15. The maximum atomic E-state index is 11.9. The zero-order valence-corrected chi connectivity index (χ0v) is 12.1. The van der Waals surface area contributed by atoms with Crippen LogP contribution in [0.25, 0.3) is 0 Å². The van der Waals surface area contributed by atoms with Gasteiger partial charge >= 0.3 is 6.03 Å². The van der Waals surface area contributed by atoms with Crippen molar-refractivity contribution in [2.24, 2.45) is 5.73 Å². The van der Waals surface area contributed by atoms with Gasteiger partial charge in [-0.05, 0) is 18.2 Å². The smallest absolute Gasteiger partial charge is 0.327 e. The van der Waals surface area contributed by atoms with Crippen LogP contribution < -0.4 is 10.5 Å². The largest absolute Gasteiger partial charge is 0.496 e. The molecule has 20 heavy (non-hydrogen) atoms. The second kappa shape index (κ2) is 5.46. The van der Waals surface area contributed by atoms with Crippen molar-refractivity contribution in [3.05, 3.63) is 29.3 Å². The number of thiocarbonyl (C=S) groups is 1. The third-order valence-electron chi connectivity index (χ3n) is 3.12. The minimum absolute atomic E-state index is 0.0934. The van der Waals surface area contributed by atoms with Crippen LogP contribution in [0, 0.1) is 0 Å². The molecule has 1 aliphatic heterocycles. The predicted octanol–water partition coefficient (Wildman–Crippen LogP) is 0.723. The summed E-state index contributed by atoms with van der Waals surface area (Å²) in [4.78, 5) is 26.5. The van der Waals surface area contributed by atoms with Gasteiger partial charge in [0.05, 0.1) is 13.7 Å². The van der Waals surface area contributed by atoms with Crippen molar-refractivity contribution in [1.82, 2.24) is 9.80 Å². The summed E-state index contributed by atoms with van der Waals surface area (Å²) in [6.45, 7) is 0.234. The van der Waals surface area contributed by atoms with Crippen LogP contribution in [-0.4, -0.2) is 47.4 Å². The molecule has 0 spiro atoms. The van der Waals surface area contributed by atoms with E-state index < -0.39 is 0 Å². The molecule has 1 heterocycles. The van der Waals surface area contributed by atoms with E-state index in [1.165, 1.54) is 16.9 Å².